The molecule has 0 saturated carbocycles. The van der Waals surface area contributed by atoms with Crippen LogP contribution in [0.5, 0.6) is 0 Å². The van der Waals surface area contributed by atoms with E-state index < -0.39 is 12.1 Å². The summed E-state index contributed by atoms with van der Waals surface area (Å²) in [5.74, 6) is 5.13. The maximum absolute atomic E-state index is 11.3. The molecule has 0 bridgehead atoms. The van der Waals surface area contributed by atoms with Gasteiger partial charge in [0.1, 0.15) is 0 Å². The standard InChI is InChI=1S/C15H18O4/c1-2-19-15(18)14(17)11-13-8-6-12(7-9-13)5-3-4-10-16/h6-9,14,16-17H,2,4,10-11H2,1H3. The van der Waals surface area contributed by atoms with Gasteiger partial charge in [-0.05, 0) is 24.6 Å². The highest BCUT2D eigenvalue weighted by Crippen LogP contribution is 2.07. The molecule has 0 spiro atoms. The van der Waals surface area contributed by atoms with Crippen molar-refractivity contribution in [3.63, 3.8) is 0 Å². The Balaban J connectivity index is 2.57. The molecule has 0 aromatic heterocycles. The third-order valence-corrected chi connectivity index (χ3v) is 2.41. The van der Waals surface area contributed by atoms with Gasteiger partial charge < -0.3 is 14.9 Å². The molecule has 0 saturated heterocycles. The van der Waals surface area contributed by atoms with Gasteiger partial charge in [0, 0.05) is 18.4 Å². The quantitative estimate of drug-likeness (QED) is 0.611. The number of esters is 1. The van der Waals surface area contributed by atoms with E-state index in [1.807, 2.05) is 24.3 Å². The van der Waals surface area contributed by atoms with E-state index >= 15 is 0 Å². The molecule has 0 amide bonds. The van der Waals surface area contributed by atoms with Crippen molar-refractivity contribution < 1.29 is 19.7 Å². The molecule has 1 rings (SSSR count). The number of hydrogen-bond donors (Lipinski definition) is 2. The molecule has 0 fully saturated rings. The summed E-state index contributed by atoms with van der Waals surface area (Å²) in [6.07, 6.45) is -0.460. The van der Waals surface area contributed by atoms with Gasteiger partial charge in [-0.15, -0.1) is 0 Å². The number of rotatable bonds is 5. The van der Waals surface area contributed by atoms with Crippen molar-refractivity contribution in [1.82, 2.24) is 0 Å². The largest absolute Gasteiger partial charge is 0.464 e. The van der Waals surface area contributed by atoms with E-state index in [0.717, 1.165) is 11.1 Å². The Morgan fingerprint density at radius 3 is 2.63 bits per heavy atom. The molecule has 0 heterocycles. The van der Waals surface area contributed by atoms with Gasteiger partial charge in [0.25, 0.3) is 0 Å². The van der Waals surface area contributed by atoms with Crippen molar-refractivity contribution in [2.24, 2.45) is 0 Å². The lowest BCUT2D eigenvalue weighted by Crippen LogP contribution is -2.25. The number of carbonyl (C=O) groups is 1. The summed E-state index contributed by atoms with van der Waals surface area (Å²) in [4.78, 5) is 11.3. The Labute approximate surface area is 113 Å². The molecule has 4 nitrogen and oxygen atoms in total. The molecule has 1 aromatic rings. The van der Waals surface area contributed by atoms with E-state index in [0.29, 0.717) is 6.42 Å². The van der Waals surface area contributed by atoms with Crippen LogP contribution in [0.3, 0.4) is 0 Å². The topological polar surface area (TPSA) is 66.8 Å². The summed E-state index contributed by atoms with van der Waals surface area (Å²) in [5.41, 5.74) is 1.68. The number of benzene rings is 1. The summed E-state index contributed by atoms with van der Waals surface area (Å²) >= 11 is 0. The monoisotopic (exact) mass is 262 g/mol. The Bertz CT molecular complexity index is 453. The lowest BCUT2D eigenvalue weighted by atomic mass is 10.1. The zero-order valence-electron chi connectivity index (χ0n) is 10.9. The predicted octanol–water partition coefficient (Wildman–Crippen LogP) is 0.887. The molecule has 102 valence electrons. The van der Waals surface area contributed by atoms with Crippen LogP contribution >= 0.6 is 0 Å². The van der Waals surface area contributed by atoms with Crippen LogP contribution in [0.2, 0.25) is 0 Å². The molecule has 0 aliphatic carbocycles. The Morgan fingerprint density at radius 2 is 2.05 bits per heavy atom. The van der Waals surface area contributed by atoms with Gasteiger partial charge in [-0.1, -0.05) is 24.0 Å². The highest BCUT2D eigenvalue weighted by atomic mass is 16.5. The molecule has 0 aliphatic heterocycles. The molecule has 19 heavy (non-hydrogen) atoms. The normalized spacial score (nSPS) is 11.3. The number of ether oxygens (including phenoxy) is 1. The van der Waals surface area contributed by atoms with Crippen LogP contribution in [0, 0.1) is 11.8 Å². The van der Waals surface area contributed by atoms with Gasteiger partial charge in [0.05, 0.1) is 13.2 Å². The number of hydrogen-bond acceptors (Lipinski definition) is 4. The van der Waals surface area contributed by atoms with Crippen LogP contribution in [0.1, 0.15) is 24.5 Å². The first-order chi connectivity index (χ1) is 9.17. The van der Waals surface area contributed by atoms with Gasteiger partial charge in [-0.25, -0.2) is 4.79 Å². The maximum atomic E-state index is 11.3. The smallest absolute Gasteiger partial charge is 0.335 e. The fraction of sp³-hybridized carbons (Fsp3) is 0.400. The number of aliphatic hydroxyl groups excluding tert-OH is 2. The van der Waals surface area contributed by atoms with Crippen LogP contribution in [0.25, 0.3) is 0 Å². The first kappa shape index (κ1) is 15.2. The van der Waals surface area contributed by atoms with Crippen LogP contribution in [0.15, 0.2) is 24.3 Å². The van der Waals surface area contributed by atoms with E-state index in [9.17, 15) is 9.90 Å². The summed E-state index contributed by atoms with van der Waals surface area (Å²) in [7, 11) is 0. The zero-order chi connectivity index (χ0) is 14.1. The summed E-state index contributed by atoms with van der Waals surface area (Å²) in [6.45, 7) is 2.01. The molecule has 4 heteroatoms. The Kier molecular flexibility index (Phi) is 6.65. The maximum Gasteiger partial charge on any atom is 0.335 e. The minimum absolute atomic E-state index is 0.0524. The van der Waals surface area contributed by atoms with E-state index in [4.69, 9.17) is 9.84 Å². The van der Waals surface area contributed by atoms with Crippen LogP contribution in [-0.4, -0.2) is 35.5 Å². The summed E-state index contributed by atoms with van der Waals surface area (Å²) < 4.78 is 4.73. The highest BCUT2D eigenvalue weighted by molar-refractivity contribution is 5.74. The van der Waals surface area contributed by atoms with Crippen molar-refractivity contribution in [3.8, 4) is 11.8 Å². The number of aliphatic hydroxyl groups is 2. The van der Waals surface area contributed by atoms with Crippen LogP contribution in [0.4, 0.5) is 0 Å². The second-order valence-corrected chi connectivity index (χ2v) is 3.94. The number of carbonyl (C=O) groups excluding carboxylic acids is 1. The minimum atomic E-state index is -1.13. The van der Waals surface area contributed by atoms with Crippen molar-refractivity contribution in [2.45, 2.75) is 25.9 Å². The summed E-state index contributed by atoms with van der Waals surface area (Å²) in [5, 5.41) is 18.2. The average Bonchev–Trinajstić information content (AvgIpc) is 2.41. The first-order valence-corrected chi connectivity index (χ1v) is 6.20. The fourth-order valence-electron chi connectivity index (χ4n) is 1.49. The lowest BCUT2D eigenvalue weighted by molar-refractivity contribution is -0.152. The first-order valence-electron chi connectivity index (χ1n) is 6.20. The van der Waals surface area contributed by atoms with Gasteiger partial charge >= 0.3 is 5.97 Å². The average molecular weight is 262 g/mol. The molecular weight excluding hydrogens is 244 g/mol. The van der Waals surface area contributed by atoms with Gasteiger partial charge in [-0.3, -0.25) is 0 Å². The molecule has 1 aromatic carbocycles. The third-order valence-electron chi connectivity index (χ3n) is 2.41. The summed E-state index contributed by atoms with van der Waals surface area (Å²) in [6, 6.07) is 7.26. The van der Waals surface area contributed by atoms with Gasteiger partial charge in [0.2, 0.25) is 0 Å². The second kappa shape index (κ2) is 8.30. The Morgan fingerprint density at radius 1 is 1.37 bits per heavy atom. The highest BCUT2D eigenvalue weighted by Gasteiger charge is 2.16. The van der Waals surface area contributed by atoms with Gasteiger partial charge in [0.15, 0.2) is 6.10 Å². The fourth-order valence-corrected chi connectivity index (χ4v) is 1.49. The van der Waals surface area contributed by atoms with Crippen LogP contribution in [-0.2, 0) is 16.0 Å². The van der Waals surface area contributed by atoms with E-state index in [-0.39, 0.29) is 19.6 Å². The van der Waals surface area contributed by atoms with Crippen molar-refractivity contribution in [1.29, 1.82) is 0 Å². The van der Waals surface area contributed by atoms with E-state index in [2.05, 4.69) is 11.8 Å². The van der Waals surface area contributed by atoms with E-state index in [1.54, 1.807) is 6.92 Å². The lowest BCUT2D eigenvalue weighted by Gasteiger charge is -2.09. The molecule has 1 atom stereocenters. The molecular formula is C15H18O4. The molecule has 1 unspecified atom stereocenters. The van der Waals surface area contributed by atoms with Gasteiger partial charge in [-0.2, -0.15) is 0 Å². The minimum Gasteiger partial charge on any atom is -0.464 e. The zero-order valence-corrected chi connectivity index (χ0v) is 10.9. The van der Waals surface area contributed by atoms with Crippen LogP contribution < -0.4 is 0 Å². The SMILES string of the molecule is CCOC(=O)C(O)Cc1ccc(C#CCCO)cc1. The predicted molar refractivity (Wildman–Crippen MR) is 71.4 cm³/mol. The molecule has 0 aliphatic rings. The van der Waals surface area contributed by atoms with Crippen molar-refractivity contribution in [2.75, 3.05) is 13.2 Å². The molecule has 0 radical (unpaired) electrons. The van der Waals surface area contributed by atoms with Crippen molar-refractivity contribution in [3.05, 3.63) is 35.4 Å². The third kappa shape index (κ3) is 5.56. The van der Waals surface area contributed by atoms with E-state index in [1.165, 1.54) is 0 Å². The second-order valence-electron chi connectivity index (χ2n) is 3.94. The van der Waals surface area contributed by atoms with Crippen molar-refractivity contribution >= 4 is 5.97 Å². The molecule has 2 N–H and O–H groups in total. The Hall–Kier alpha value is -1.83.